The molecule has 0 amide bonds. The van der Waals surface area contributed by atoms with Crippen LogP contribution in [-0.2, 0) is 21.1 Å². The highest BCUT2D eigenvalue weighted by Crippen LogP contribution is 2.14. The normalized spacial score (nSPS) is 19.2. The molecule has 0 bridgehead atoms. The summed E-state index contributed by atoms with van der Waals surface area (Å²) < 4.78 is 32.4. The van der Waals surface area contributed by atoms with E-state index in [-0.39, 0.29) is 17.5 Å². The van der Waals surface area contributed by atoms with Crippen molar-refractivity contribution in [3.8, 4) is 0 Å². The quantitative estimate of drug-likeness (QED) is 0.822. The van der Waals surface area contributed by atoms with Crippen LogP contribution in [-0.4, -0.2) is 39.0 Å². The molecular formula is C12H17NO5S. The standard InChI is InChI=1S/C12H17NO5S/c1-17-12(14)9-6-11(18-8-9)7-13-10-2-4-19(15,16)5-3-10/h6,8,10,13H,2-5,7H2,1H3. The molecule has 1 aromatic rings. The number of nitrogens with one attached hydrogen (secondary N) is 1. The van der Waals surface area contributed by atoms with Crippen molar-refractivity contribution in [1.82, 2.24) is 5.32 Å². The molecule has 1 fully saturated rings. The van der Waals surface area contributed by atoms with Crippen LogP contribution >= 0.6 is 0 Å². The zero-order valence-electron chi connectivity index (χ0n) is 10.7. The molecule has 1 aliphatic heterocycles. The molecule has 7 heteroatoms. The number of esters is 1. The Bertz CT molecular complexity index is 534. The van der Waals surface area contributed by atoms with Gasteiger partial charge in [0.1, 0.15) is 21.9 Å². The van der Waals surface area contributed by atoms with E-state index in [2.05, 4.69) is 10.1 Å². The van der Waals surface area contributed by atoms with Crippen molar-refractivity contribution in [2.24, 2.45) is 0 Å². The van der Waals surface area contributed by atoms with E-state index in [9.17, 15) is 13.2 Å². The van der Waals surface area contributed by atoms with Crippen LogP contribution < -0.4 is 5.32 Å². The maximum Gasteiger partial charge on any atom is 0.341 e. The number of sulfone groups is 1. The summed E-state index contributed by atoms with van der Waals surface area (Å²) in [5.74, 6) is 0.666. The zero-order chi connectivity index (χ0) is 13.9. The molecule has 106 valence electrons. The van der Waals surface area contributed by atoms with Crippen LogP contribution in [0.15, 0.2) is 16.7 Å². The molecular weight excluding hydrogens is 270 g/mol. The van der Waals surface area contributed by atoms with Crippen molar-refractivity contribution in [3.05, 3.63) is 23.7 Å². The third kappa shape index (κ3) is 3.81. The smallest absolute Gasteiger partial charge is 0.341 e. The average molecular weight is 287 g/mol. The number of carbonyl (C=O) groups is 1. The van der Waals surface area contributed by atoms with Crippen LogP contribution in [0.3, 0.4) is 0 Å². The number of carbonyl (C=O) groups excluding carboxylic acids is 1. The lowest BCUT2D eigenvalue weighted by Gasteiger charge is -2.22. The molecule has 1 aromatic heterocycles. The maximum absolute atomic E-state index is 11.3. The van der Waals surface area contributed by atoms with Crippen LogP contribution in [0.4, 0.5) is 0 Å². The summed E-state index contributed by atoms with van der Waals surface area (Å²) in [6.45, 7) is 0.474. The number of furan rings is 1. The van der Waals surface area contributed by atoms with Crippen LogP contribution in [0.2, 0.25) is 0 Å². The number of rotatable bonds is 4. The highest BCUT2D eigenvalue weighted by molar-refractivity contribution is 7.91. The highest BCUT2D eigenvalue weighted by Gasteiger charge is 2.23. The molecule has 1 N–H and O–H groups in total. The van der Waals surface area contributed by atoms with Gasteiger partial charge in [-0.1, -0.05) is 0 Å². The summed E-state index contributed by atoms with van der Waals surface area (Å²) in [6, 6.07) is 1.80. The maximum atomic E-state index is 11.3. The van der Waals surface area contributed by atoms with E-state index < -0.39 is 15.8 Å². The lowest BCUT2D eigenvalue weighted by Crippen LogP contribution is -2.37. The van der Waals surface area contributed by atoms with Crippen molar-refractivity contribution in [2.75, 3.05) is 18.6 Å². The van der Waals surface area contributed by atoms with Crippen LogP contribution in [0.25, 0.3) is 0 Å². The first-order valence-electron chi connectivity index (χ1n) is 6.10. The van der Waals surface area contributed by atoms with E-state index in [1.807, 2.05) is 0 Å². The summed E-state index contributed by atoms with van der Waals surface area (Å²) in [6.07, 6.45) is 2.59. The minimum atomic E-state index is -2.83. The van der Waals surface area contributed by atoms with Crippen LogP contribution in [0, 0.1) is 0 Å². The van der Waals surface area contributed by atoms with E-state index in [4.69, 9.17) is 4.42 Å². The molecule has 2 heterocycles. The van der Waals surface area contributed by atoms with Crippen molar-refractivity contribution < 1.29 is 22.4 Å². The lowest BCUT2D eigenvalue weighted by atomic mass is 10.1. The van der Waals surface area contributed by atoms with Gasteiger partial charge in [-0.25, -0.2) is 13.2 Å². The van der Waals surface area contributed by atoms with Gasteiger partial charge in [0.05, 0.1) is 30.7 Å². The first kappa shape index (κ1) is 14.1. The minimum absolute atomic E-state index is 0.176. The molecule has 0 atom stereocenters. The SMILES string of the molecule is COC(=O)c1coc(CNC2CCS(=O)(=O)CC2)c1. The van der Waals surface area contributed by atoms with Crippen molar-refractivity contribution in [2.45, 2.75) is 25.4 Å². The fourth-order valence-corrected chi connectivity index (χ4v) is 3.53. The van der Waals surface area contributed by atoms with Gasteiger partial charge in [0.25, 0.3) is 0 Å². The van der Waals surface area contributed by atoms with Crippen molar-refractivity contribution in [1.29, 1.82) is 0 Å². The van der Waals surface area contributed by atoms with E-state index in [0.717, 1.165) is 0 Å². The Balaban J connectivity index is 1.83. The Hall–Kier alpha value is -1.34. The van der Waals surface area contributed by atoms with E-state index >= 15 is 0 Å². The van der Waals surface area contributed by atoms with E-state index in [0.29, 0.717) is 30.7 Å². The second-order valence-corrected chi connectivity index (χ2v) is 6.90. The molecule has 0 aromatic carbocycles. The monoisotopic (exact) mass is 287 g/mol. The molecule has 0 spiro atoms. The zero-order valence-corrected chi connectivity index (χ0v) is 11.5. The number of ether oxygens (including phenoxy) is 1. The van der Waals surface area contributed by atoms with Gasteiger partial charge in [0.2, 0.25) is 0 Å². The summed E-state index contributed by atoms with van der Waals surface area (Å²) in [5.41, 5.74) is 0.380. The molecule has 0 saturated carbocycles. The van der Waals surface area contributed by atoms with Gasteiger partial charge < -0.3 is 14.5 Å². The van der Waals surface area contributed by atoms with E-state index in [1.54, 1.807) is 6.07 Å². The van der Waals surface area contributed by atoms with Crippen LogP contribution in [0.1, 0.15) is 29.0 Å². The Morgan fingerprint density at radius 3 is 2.79 bits per heavy atom. The van der Waals surface area contributed by atoms with Gasteiger partial charge in [0.15, 0.2) is 0 Å². The number of methoxy groups -OCH3 is 1. The van der Waals surface area contributed by atoms with Gasteiger partial charge in [0, 0.05) is 6.04 Å². The van der Waals surface area contributed by atoms with Gasteiger partial charge in [-0.05, 0) is 18.9 Å². The van der Waals surface area contributed by atoms with Crippen molar-refractivity contribution >= 4 is 15.8 Å². The molecule has 0 unspecified atom stereocenters. The molecule has 2 rings (SSSR count). The molecule has 0 aliphatic carbocycles. The predicted octanol–water partition coefficient (Wildman–Crippen LogP) is 0.733. The average Bonchev–Trinajstić information content (AvgIpc) is 2.85. The predicted molar refractivity (Wildman–Crippen MR) is 68.6 cm³/mol. The van der Waals surface area contributed by atoms with Crippen molar-refractivity contribution in [3.63, 3.8) is 0 Å². The largest absolute Gasteiger partial charge is 0.467 e. The third-order valence-electron chi connectivity index (χ3n) is 3.19. The Kier molecular flexibility index (Phi) is 4.26. The fourth-order valence-electron chi connectivity index (χ4n) is 2.04. The molecule has 19 heavy (non-hydrogen) atoms. The molecule has 1 aliphatic rings. The Morgan fingerprint density at radius 2 is 2.16 bits per heavy atom. The Labute approximate surface area is 112 Å². The lowest BCUT2D eigenvalue weighted by molar-refractivity contribution is 0.0600. The number of hydrogen-bond acceptors (Lipinski definition) is 6. The van der Waals surface area contributed by atoms with Gasteiger partial charge in [-0.15, -0.1) is 0 Å². The molecule has 1 saturated heterocycles. The topological polar surface area (TPSA) is 85.6 Å². The second-order valence-electron chi connectivity index (χ2n) is 4.60. The molecule has 0 radical (unpaired) electrons. The second kappa shape index (κ2) is 5.75. The summed E-state index contributed by atoms with van der Waals surface area (Å²) in [4.78, 5) is 11.2. The van der Waals surface area contributed by atoms with Crippen LogP contribution in [0.5, 0.6) is 0 Å². The first-order valence-corrected chi connectivity index (χ1v) is 7.92. The van der Waals surface area contributed by atoms with Gasteiger partial charge >= 0.3 is 5.97 Å². The summed E-state index contributed by atoms with van der Waals surface area (Å²) in [7, 11) is -1.52. The number of hydrogen-bond donors (Lipinski definition) is 1. The minimum Gasteiger partial charge on any atom is -0.467 e. The molecule has 6 nitrogen and oxygen atoms in total. The highest BCUT2D eigenvalue weighted by atomic mass is 32.2. The Morgan fingerprint density at radius 1 is 1.47 bits per heavy atom. The summed E-state index contributed by atoms with van der Waals surface area (Å²) in [5, 5.41) is 3.24. The third-order valence-corrected chi connectivity index (χ3v) is 4.91. The summed E-state index contributed by atoms with van der Waals surface area (Å²) >= 11 is 0. The van der Waals surface area contributed by atoms with Gasteiger partial charge in [-0.3, -0.25) is 0 Å². The van der Waals surface area contributed by atoms with E-state index in [1.165, 1.54) is 13.4 Å². The van der Waals surface area contributed by atoms with Gasteiger partial charge in [-0.2, -0.15) is 0 Å². The fraction of sp³-hybridized carbons (Fsp3) is 0.583. The first-order chi connectivity index (χ1) is 9.00.